The predicted octanol–water partition coefficient (Wildman–Crippen LogP) is 4.70. The molecular weight excluding hydrogens is 277 g/mol. The van der Waals surface area contributed by atoms with Gasteiger partial charge in [0.25, 0.3) is 0 Å². The molecule has 2 nitrogen and oxygen atoms in total. The second kappa shape index (κ2) is 5.02. The summed E-state index contributed by atoms with van der Waals surface area (Å²) in [5.41, 5.74) is 3.27. The van der Waals surface area contributed by atoms with E-state index in [1.165, 1.54) is 22.4 Å². The lowest BCUT2D eigenvalue weighted by Gasteiger charge is -2.16. The topological polar surface area (TPSA) is 21.3 Å². The molecule has 1 heterocycles. The van der Waals surface area contributed by atoms with Gasteiger partial charge < -0.3 is 10.1 Å². The van der Waals surface area contributed by atoms with Crippen LogP contribution in [0.3, 0.4) is 0 Å². The molecule has 110 valence electrons. The number of nitrogens with one attached hydrogen (secondary N) is 1. The zero-order valence-corrected chi connectivity index (χ0v) is 12.3. The van der Waals surface area contributed by atoms with Gasteiger partial charge in [0, 0.05) is 16.6 Å². The number of anilines is 1. The van der Waals surface area contributed by atoms with Crippen LogP contribution in [0.2, 0.25) is 0 Å². The standard InChI is InChI=1S/C19H16FNO/c1-22-18-9-8-14(20)11-16(18)17-10-13-7-6-12-4-2-3-5-15(12)19(13)21-17/h2-9,11,17,21H,10H2,1H3. The number of fused-ring (bicyclic) bond motifs is 3. The molecule has 0 bridgehead atoms. The van der Waals surface area contributed by atoms with E-state index in [9.17, 15) is 4.39 Å². The highest BCUT2D eigenvalue weighted by atomic mass is 19.1. The van der Waals surface area contributed by atoms with Crippen LogP contribution in [0.1, 0.15) is 17.2 Å². The van der Waals surface area contributed by atoms with Gasteiger partial charge in [-0.15, -0.1) is 0 Å². The number of ether oxygens (including phenoxy) is 1. The van der Waals surface area contributed by atoms with E-state index in [0.29, 0.717) is 0 Å². The molecule has 0 spiro atoms. The van der Waals surface area contributed by atoms with Crippen LogP contribution >= 0.6 is 0 Å². The fraction of sp³-hybridized carbons (Fsp3) is 0.158. The number of methoxy groups -OCH3 is 1. The summed E-state index contributed by atoms with van der Waals surface area (Å²) in [6.45, 7) is 0. The van der Waals surface area contributed by atoms with E-state index in [1.807, 2.05) is 12.1 Å². The van der Waals surface area contributed by atoms with Crippen LogP contribution in [0.4, 0.5) is 10.1 Å². The van der Waals surface area contributed by atoms with Gasteiger partial charge in [0.2, 0.25) is 0 Å². The minimum Gasteiger partial charge on any atom is -0.496 e. The molecule has 0 aliphatic carbocycles. The van der Waals surface area contributed by atoms with Crippen molar-refractivity contribution >= 4 is 16.5 Å². The molecule has 4 rings (SSSR count). The molecule has 0 saturated heterocycles. The zero-order chi connectivity index (χ0) is 15.1. The Kier molecular flexibility index (Phi) is 3.00. The number of halogens is 1. The minimum atomic E-state index is -0.238. The highest BCUT2D eigenvalue weighted by Crippen LogP contribution is 2.41. The summed E-state index contributed by atoms with van der Waals surface area (Å²) in [5, 5.41) is 5.96. The normalized spacial score (nSPS) is 16.4. The Bertz CT molecular complexity index is 859. The molecule has 3 aromatic carbocycles. The van der Waals surface area contributed by atoms with Crippen LogP contribution in [0, 0.1) is 5.82 Å². The number of hydrogen-bond donors (Lipinski definition) is 1. The van der Waals surface area contributed by atoms with Gasteiger partial charge in [-0.2, -0.15) is 0 Å². The number of benzene rings is 3. The first-order chi connectivity index (χ1) is 10.8. The van der Waals surface area contributed by atoms with E-state index >= 15 is 0 Å². The van der Waals surface area contributed by atoms with Crippen LogP contribution in [0.5, 0.6) is 5.75 Å². The van der Waals surface area contributed by atoms with Gasteiger partial charge >= 0.3 is 0 Å². The van der Waals surface area contributed by atoms with E-state index < -0.39 is 0 Å². The lowest BCUT2D eigenvalue weighted by atomic mass is 10.0. The van der Waals surface area contributed by atoms with Crippen LogP contribution in [0.25, 0.3) is 10.8 Å². The second-order valence-electron chi connectivity index (χ2n) is 5.61. The Morgan fingerprint density at radius 3 is 2.82 bits per heavy atom. The van der Waals surface area contributed by atoms with Crippen molar-refractivity contribution in [1.82, 2.24) is 0 Å². The molecule has 1 atom stereocenters. The average Bonchev–Trinajstić information content (AvgIpc) is 2.99. The van der Waals surface area contributed by atoms with E-state index in [2.05, 4.69) is 29.6 Å². The number of hydrogen-bond acceptors (Lipinski definition) is 2. The maximum atomic E-state index is 13.6. The van der Waals surface area contributed by atoms with Gasteiger partial charge in [-0.3, -0.25) is 0 Å². The molecule has 1 aliphatic rings. The smallest absolute Gasteiger partial charge is 0.124 e. The third-order valence-corrected chi connectivity index (χ3v) is 4.33. The maximum Gasteiger partial charge on any atom is 0.124 e. The molecule has 1 aliphatic heterocycles. The fourth-order valence-corrected chi connectivity index (χ4v) is 3.27. The van der Waals surface area contributed by atoms with Crippen molar-refractivity contribution in [3.8, 4) is 5.75 Å². The Morgan fingerprint density at radius 2 is 1.95 bits per heavy atom. The number of rotatable bonds is 2. The van der Waals surface area contributed by atoms with E-state index in [1.54, 1.807) is 19.2 Å². The summed E-state index contributed by atoms with van der Waals surface area (Å²) in [4.78, 5) is 0. The van der Waals surface area contributed by atoms with Gasteiger partial charge in [0.05, 0.1) is 13.2 Å². The first-order valence-corrected chi connectivity index (χ1v) is 7.37. The van der Waals surface area contributed by atoms with E-state index in [-0.39, 0.29) is 11.9 Å². The van der Waals surface area contributed by atoms with Crippen molar-refractivity contribution < 1.29 is 9.13 Å². The van der Waals surface area contributed by atoms with Gasteiger partial charge in [-0.05, 0) is 35.6 Å². The first-order valence-electron chi connectivity index (χ1n) is 7.37. The molecule has 1 unspecified atom stereocenters. The Hall–Kier alpha value is -2.55. The van der Waals surface area contributed by atoms with E-state index in [0.717, 1.165) is 23.4 Å². The summed E-state index contributed by atoms with van der Waals surface area (Å²) < 4.78 is 19.0. The second-order valence-corrected chi connectivity index (χ2v) is 5.61. The highest BCUT2D eigenvalue weighted by Gasteiger charge is 2.26. The van der Waals surface area contributed by atoms with Crippen molar-refractivity contribution in [2.45, 2.75) is 12.5 Å². The van der Waals surface area contributed by atoms with Gasteiger partial charge in [-0.25, -0.2) is 4.39 Å². The maximum absolute atomic E-state index is 13.6. The Balaban J connectivity index is 1.79. The molecule has 0 saturated carbocycles. The molecule has 0 aromatic heterocycles. The van der Waals surface area contributed by atoms with Crippen LogP contribution < -0.4 is 10.1 Å². The van der Waals surface area contributed by atoms with Crippen molar-refractivity contribution in [3.05, 3.63) is 71.5 Å². The summed E-state index contributed by atoms with van der Waals surface area (Å²) in [5.74, 6) is 0.481. The molecule has 3 aromatic rings. The third-order valence-electron chi connectivity index (χ3n) is 4.33. The predicted molar refractivity (Wildman–Crippen MR) is 87.0 cm³/mol. The van der Waals surface area contributed by atoms with Crippen molar-refractivity contribution in [2.24, 2.45) is 0 Å². The Morgan fingerprint density at radius 1 is 1.09 bits per heavy atom. The lowest BCUT2D eigenvalue weighted by molar-refractivity contribution is 0.406. The molecule has 0 amide bonds. The Labute approximate surface area is 128 Å². The molecule has 22 heavy (non-hydrogen) atoms. The molecule has 0 radical (unpaired) electrons. The van der Waals surface area contributed by atoms with Gasteiger partial charge in [0.15, 0.2) is 0 Å². The summed E-state index contributed by atoms with van der Waals surface area (Å²) in [7, 11) is 1.62. The summed E-state index contributed by atoms with van der Waals surface area (Å²) in [6.07, 6.45) is 0.833. The fourth-order valence-electron chi connectivity index (χ4n) is 3.27. The van der Waals surface area contributed by atoms with Crippen LogP contribution in [-0.2, 0) is 6.42 Å². The third kappa shape index (κ3) is 2.01. The minimum absolute atomic E-state index is 0.0338. The monoisotopic (exact) mass is 293 g/mol. The highest BCUT2D eigenvalue weighted by molar-refractivity contribution is 5.96. The summed E-state index contributed by atoms with van der Waals surface area (Å²) >= 11 is 0. The van der Waals surface area contributed by atoms with Crippen molar-refractivity contribution in [2.75, 3.05) is 12.4 Å². The molecule has 0 fully saturated rings. The average molecular weight is 293 g/mol. The largest absolute Gasteiger partial charge is 0.496 e. The molecule has 3 heteroatoms. The van der Waals surface area contributed by atoms with Crippen molar-refractivity contribution in [1.29, 1.82) is 0 Å². The quantitative estimate of drug-likeness (QED) is 0.739. The lowest BCUT2D eigenvalue weighted by Crippen LogP contribution is -2.08. The SMILES string of the molecule is COc1ccc(F)cc1C1Cc2ccc3ccccc3c2N1. The van der Waals surface area contributed by atoms with E-state index in [4.69, 9.17) is 4.74 Å². The van der Waals surface area contributed by atoms with Gasteiger partial charge in [0.1, 0.15) is 11.6 Å². The molecular formula is C19H16FNO. The van der Waals surface area contributed by atoms with Crippen LogP contribution in [-0.4, -0.2) is 7.11 Å². The van der Waals surface area contributed by atoms with Gasteiger partial charge in [-0.1, -0.05) is 36.4 Å². The first kappa shape index (κ1) is 13.1. The summed E-state index contributed by atoms with van der Waals surface area (Å²) in [6, 6.07) is 17.3. The molecule has 1 N–H and O–H groups in total. The van der Waals surface area contributed by atoms with Crippen molar-refractivity contribution in [3.63, 3.8) is 0 Å². The van der Waals surface area contributed by atoms with Crippen LogP contribution in [0.15, 0.2) is 54.6 Å². The zero-order valence-electron chi connectivity index (χ0n) is 12.3.